The number of carbonyl (C=O) groups excluding carboxylic acids is 1. The first-order chi connectivity index (χ1) is 11.9. The van der Waals surface area contributed by atoms with Crippen molar-refractivity contribution >= 4 is 11.6 Å². The summed E-state index contributed by atoms with van der Waals surface area (Å²) in [5, 5.41) is 13.3. The van der Waals surface area contributed by atoms with Gasteiger partial charge >= 0.3 is 0 Å². The van der Waals surface area contributed by atoms with Crippen LogP contribution in [0.25, 0.3) is 0 Å². The Morgan fingerprint density at radius 2 is 2.16 bits per heavy atom. The number of carbonyl (C=O) groups is 1. The van der Waals surface area contributed by atoms with Crippen LogP contribution in [0.3, 0.4) is 0 Å². The number of rotatable bonds is 5. The van der Waals surface area contributed by atoms with Gasteiger partial charge in [-0.2, -0.15) is 0 Å². The van der Waals surface area contributed by atoms with Gasteiger partial charge in [0.05, 0.1) is 12.6 Å². The average Bonchev–Trinajstić information content (AvgIpc) is 3.26. The molecule has 1 aromatic heterocycles. The van der Waals surface area contributed by atoms with Gasteiger partial charge in [-0.3, -0.25) is 4.79 Å². The van der Waals surface area contributed by atoms with Gasteiger partial charge in [0, 0.05) is 30.6 Å². The van der Waals surface area contributed by atoms with Crippen molar-refractivity contribution in [1.82, 2.24) is 9.55 Å². The number of amides is 1. The minimum absolute atomic E-state index is 0.158. The fourth-order valence-electron chi connectivity index (χ4n) is 3.22. The molecule has 1 aromatic carbocycles. The number of nitrogens with zero attached hydrogens (tertiary/aromatic N) is 2. The smallest absolute Gasteiger partial charge is 0.256 e. The lowest BCUT2D eigenvalue weighted by Crippen LogP contribution is -2.46. The molecule has 2 aromatic rings. The van der Waals surface area contributed by atoms with Gasteiger partial charge in [-0.25, -0.2) is 4.98 Å². The van der Waals surface area contributed by atoms with E-state index in [9.17, 15) is 9.90 Å². The number of ether oxygens (including phenoxy) is 1. The van der Waals surface area contributed by atoms with E-state index >= 15 is 0 Å². The molecule has 1 saturated heterocycles. The van der Waals surface area contributed by atoms with Crippen LogP contribution in [0.5, 0.6) is 0 Å². The number of imidazole rings is 1. The van der Waals surface area contributed by atoms with Crippen LogP contribution in [0.4, 0.5) is 5.69 Å². The van der Waals surface area contributed by atoms with Gasteiger partial charge in [0.2, 0.25) is 0 Å². The second-order valence-corrected chi connectivity index (χ2v) is 6.84. The summed E-state index contributed by atoms with van der Waals surface area (Å²) in [6, 6.07) is 7.83. The molecule has 0 unspecified atom stereocenters. The zero-order valence-electron chi connectivity index (χ0n) is 14.9. The molecular weight excluding hydrogens is 318 g/mol. The first-order valence-corrected chi connectivity index (χ1v) is 8.60. The zero-order chi connectivity index (χ0) is 18.0. The SMILES string of the molecule is Cc1nccn1[C@@H](C)c1ccc(NC(=O)[C@](C)(O)[C@@H]2CCOC2)cc1. The molecule has 0 saturated carbocycles. The Bertz CT molecular complexity index is 731. The van der Waals surface area contributed by atoms with Crippen molar-refractivity contribution in [2.45, 2.75) is 38.8 Å². The Hall–Kier alpha value is -2.18. The maximum atomic E-state index is 12.4. The van der Waals surface area contributed by atoms with Gasteiger partial charge < -0.3 is 19.7 Å². The zero-order valence-corrected chi connectivity index (χ0v) is 14.9. The van der Waals surface area contributed by atoms with E-state index in [1.165, 1.54) is 0 Å². The first kappa shape index (κ1) is 17.6. The molecule has 1 aliphatic rings. The van der Waals surface area contributed by atoms with Crippen LogP contribution < -0.4 is 5.32 Å². The third kappa shape index (κ3) is 3.60. The van der Waals surface area contributed by atoms with E-state index in [2.05, 4.69) is 21.8 Å². The van der Waals surface area contributed by atoms with E-state index < -0.39 is 11.5 Å². The van der Waals surface area contributed by atoms with Crippen LogP contribution in [0, 0.1) is 12.8 Å². The molecule has 6 heteroatoms. The van der Waals surface area contributed by atoms with Crippen LogP contribution in [-0.2, 0) is 9.53 Å². The monoisotopic (exact) mass is 343 g/mol. The van der Waals surface area contributed by atoms with Crippen molar-refractivity contribution in [1.29, 1.82) is 0 Å². The molecule has 3 rings (SSSR count). The van der Waals surface area contributed by atoms with Crippen LogP contribution >= 0.6 is 0 Å². The van der Waals surface area contributed by atoms with Crippen molar-refractivity contribution in [3.8, 4) is 0 Å². The van der Waals surface area contributed by atoms with Gasteiger partial charge in [-0.1, -0.05) is 12.1 Å². The summed E-state index contributed by atoms with van der Waals surface area (Å²) >= 11 is 0. The van der Waals surface area contributed by atoms with Gasteiger partial charge in [0.25, 0.3) is 5.91 Å². The van der Waals surface area contributed by atoms with E-state index in [4.69, 9.17) is 4.74 Å². The minimum atomic E-state index is -1.43. The van der Waals surface area contributed by atoms with E-state index in [1.807, 2.05) is 37.4 Å². The number of aliphatic hydroxyl groups is 1. The number of anilines is 1. The first-order valence-electron chi connectivity index (χ1n) is 8.60. The fraction of sp³-hybridized carbons (Fsp3) is 0.474. The maximum Gasteiger partial charge on any atom is 0.256 e. The minimum Gasteiger partial charge on any atom is -0.381 e. The molecule has 6 nitrogen and oxygen atoms in total. The standard InChI is InChI=1S/C19H25N3O3/c1-13(22-10-9-20-14(22)2)15-4-6-17(7-5-15)21-18(23)19(3,24)16-8-11-25-12-16/h4-7,9-10,13,16,24H,8,11-12H2,1-3H3,(H,21,23)/t13-,16+,19+/m0/s1. The highest BCUT2D eigenvalue weighted by molar-refractivity contribution is 5.97. The summed E-state index contributed by atoms with van der Waals surface area (Å²) in [5.41, 5.74) is 0.355. The molecule has 1 amide bonds. The molecule has 0 spiro atoms. The summed E-state index contributed by atoms with van der Waals surface area (Å²) in [4.78, 5) is 16.7. The lowest BCUT2D eigenvalue weighted by molar-refractivity contribution is -0.137. The normalized spacial score (nSPS) is 20.9. The number of benzene rings is 1. The molecule has 0 aliphatic carbocycles. The molecule has 25 heavy (non-hydrogen) atoms. The topological polar surface area (TPSA) is 76.4 Å². The van der Waals surface area contributed by atoms with Crippen molar-refractivity contribution < 1.29 is 14.6 Å². The largest absolute Gasteiger partial charge is 0.381 e. The van der Waals surface area contributed by atoms with Gasteiger partial charge in [-0.05, 0) is 44.9 Å². The summed E-state index contributed by atoms with van der Waals surface area (Å²) in [6.45, 7) is 6.64. The third-order valence-corrected chi connectivity index (χ3v) is 5.11. The highest BCUT2D eigenvalue weighted by Crippen LogP contribution is 2.27. The fourth-order valence-corrected chi connectivity index (χ4v) is 3.22. The predicted octanol–water partition coefficient (Wildman–Crippen LogP) is 2.53. The highest BCUT2D eigenvalue weighted by atomic mass is 16.5. The number of aryl methyl sites for hydroxylation is 1. The van der Waals surface area contributed by atoms with Crippen LogP contribution in [0.2, 0.25) is 0 Å². The Labute approximate surface area is 147 Å². The van der Waals surface area contributed by atoms with Gasteiger partial charge in [0.15, 0.2) is 0 Å². The lowest BCUT2D eigenvalue weighted by Gasteiger charge is -2.27. The van der Waals surface area contributed by atoms with E-state index in [-0.39, 0.29) is 12.0 Å². The van der Waals surface area contributed by atoms with Crippen LogP contribution in [0.15, 0.2) is 36.7 Å². The van der Waals surface area contributed by atoms with Crippen molar-refractivity contribution in [3.05, 3.63) is 48.0 Å². The van der Waals surface area contributed by atoms with Crippen molar-refractivity contribution in [2.24, 2.45) is 5.92 Å². The van der Waals surface area contributed by atoms with Crippen molar-refractivity contribution in [3.63, 3.8) is 0 Å². The van der Waals surface area contributed by atoms with Crippen LogP contribution in [-0.4, -0.2) is 39.4 Å². The Kier molecular flexibility index (Phi) is 4.92. The highest BCUT2D eigenvalue weighted by Gasteiger charge is 2.41. The molecule has 0 radical (unpaired) electrons. The predicted molar refractivity (Wildman–Crippen MR) is 95.4 cm³/mol. The molecule has 0 bridgehead atoms. The Morgan fingerprint density at radius 1 is 1.44 bits per heavy atom. The molecule has 2 N–H and O–H groups in total. The number of nitrogens with one attached hydrogen (secondary N) is 1. The molecule has 2 heterocycles. The Morgan fingerprint density at radius 3 is 2.72 bits per heavy atom. The van der Waals surface area contributed by atoms with Crippen LogP contribution in [0.1, 0.15) is 37.7 Å². The second kappa shape index (κ2) is 6.98. The van der Waals surface area contributed by atoms with Gasteiger partial charge in [-0.15, -0.1) is 0 Å². The third-order valence-electron chi connectivity index (χ3n) is 5.11. The summed E-state index contributed by atoms with van der Waals surface area (Å²) in [5.74, 6) is 0.393. The van der Waals surface area contributed by atoms with E-state index in [0.29, 0.717) is 25.3 Å². The van der Waals surface area contributed by atoms with E-state index in [1.54, 1.807) is 13.1 Å². The van der Waals surface area contributed by atoms with Gasteiger partial charge in [0.1, 0.15) is 11.4 Å². The quantitative estimate of drug-likeness (QED) is 0.875. The second-order valence-electron chi connectivity index (χ2n) is 6.84. The summed E-state index contributed by atoms with van der Waals surface area (Å²) in [7, 11) is 0. The molecule has 1 aliphatic heterocycles. The number of hydrogen-bond acceptors (Lipinski definition) is 4. The molecule has 134 valence electrons. The molecule has 3 atom stereocenters. The number of hydrogen-bond donors (Lipinski definition) is 2. The summed E-state index contributed by atoms with van der Waals surface area (Å²) < 4.78 is 7.38. The van der Waals surface area contributed by atoms with Crippen molar-refractivity contribution in [2.75, 3.05) is 18.5 Å². The maximum absolute atomic E-state index is 12.4. The average molecular weight is 343 g/mol. The number of aromatic nitrogens is 2. The Balaban J connectivity index is 1.68. The lowest BCUT2D eigenvalue weighted by atomic mass is 9.87. The van der Waals surface area contributed by atoms with E-state index in [0.717, 1.165) is 11.4 Å². The molecule has 1 fully saturated rings. The molecular formula is C19H25N3O3. The summed E-state index contributed by atoms with van der Waals surface area (Å²) in [6.07, 6.45) is 4.44.